The fourth-order valence-electron chi connectivity index (χ4n) is 1.94. The van der Waals surface area contributed by atoms with Gasteiger partial charge in [-0.25, -0.2) is 4.98 Å². The van der Waals surface area contributed by atoms with Crippen molar-refractivity contribution in [3.8, 4) is 0 Å². The van der Waals surface area contributed by atoms with Crippen molar-refractivity contribution in [3.05, 3.63) is 23.9 Å². The van der Waals surface area contributed by atoms with Gasteiger partial charge in [-0.3, -0.25) is 0 Å². The van der Waals surface area contributed by atoms with Gasteiger partial charge in [0.1, 0.15) is 5.82 Å². The van der Waals surface area contributed by atoms with Gasteiger partial charge in [-0.15, -0.1) is 0 Å². The third-order valence-electron chi connectivity index (χ3n) is 2.88. The molecule has 2 heterocycles. The van der Waals surface area contributed by atoms with E-state index in [1.165, 1.54) is 0 Å². The van der Waals surface area contributed by atoms with E-state index < -0.39 is 0 Å². The highest BCUT2D eigenvalue weighted by Gasteiger charge is 2.26. The van der Waals surface area contributed by atoms with Crippen LogP contribution in [0.15, 0.2) is 18.2 Å². The molecule has 0 aromatic carbocycles. The predicted molar refractivity (Wildman–Crippen MR) is 62.6 cm³/mol. The molecule has 88 valence electrons. The summed E-state index contributed by atoms with van der Waals surface area (Å²) in [4.78, 5) is 6.70. The number of aliphatic hydroxyl groups excluding tert-OH is 1. The van der Waals surface area contributed by atoms with E-state index in [-0.39, 0.29) is 12.7 Å². The standard InChI is InChI=1S/C12H18N2O2/c1-9-4-3-5-12(13-9)14-6-11(7-15)16-8-10(14)2/h3-5,10-11,15H,6-8H2,1-2H3. The van der Waals surface area contributed by atoms with Crippen LogP contribution >= 0.6 is 0 Å². The van der Waals surface area contributed by atoms with Crippen LogP contribution in [0.1, 0.15) is 12.6 Å². The molecule has 1 aliphatic rings. The van der Waals surface area contributed by atoms with Gasteiger partial charge < -0.3 is 14.7 Å². The summed E-state index contributed by atoms with van der Waals surface area (Å²) in [5.41, 5.74) is 1.01. The normalized spacial score (nSPS) is 25.8. The first kappa shape index (κ1) is 11.4. The number of hydrogen-bond acceptors (Lipinski definition) is 4. The molecule has 0 radical (unpaired) electrons. The second-order valence-electron chi connectivity index (χ2n) is 4.28. The predicted octanol–water partition coefficient (Wildman–Crippen LogP) is 0.976. The molecule has 2 atom stereocenters. The van der Waals surface area contributed by atoms with E-state index in [1.807, 2.05) is 25.1 Å². The third-order valence-corrected chi connectivity index (χ3v) is 2.88. The molecule has 0 bridgehead atoms. The van der Waals surface area contributed by atoms with Gasteiger partial charge in [-0.2, -0.15) is 0 Å². The molecule has 1 aromatic heterocycles. The lowest BCUT2D eigenvalue weighted by molar-refractivity contribution is -0.0105. The first-order valence-corrected chi connectivity index (χ1v) is 5.63. The third kappa shape index (κ3) is 2.33. The lowest BCUT2D eigenvalue weighted by Crippen LogP contribution is -2.50. The zero-order valence-electron chi connectivity index (χ0n) is 9.76. The molecule has 2 rings (SSSR count). The molecule has 1 aliphatic heterocycles. The summed E-state index contributed by atoms with van der Waals surface area (Å²) in [6.45, 7) is 5.50. The average molecular weight is 222 g/mol. The molecule has 0 spiro atoms. The van der Waals surface area contributed by atoms with Crippen LogP contribution in [0.5, 0.6) is 0 Å². The van der Waals surface area contributed by atoms with Crippen molar-refractivity contribution < 1.29 is 9.84 Å². The summed E-state index contributed by atoms with van der Waals surface area (Å²) >= 11 is 0. The highest BCUT2D eigenvalue weighted by atomic mass is 16.5. The van der Waals surface area contributed by atoms with Crippen LogP contribution in [-0.4, -0.2) is 42.0 Å². The number of aromatic nitrogens is 1. The first-order chi connectivity index (χ1) is 7.70. The molecular weight excluding hydrogens is 204 g/mol. The molecule has 16 heavy (non-hydrogen) atoms. The monoisotopic (exact) mass is 222 g/mol. The number of anilines is 1. The molecule has 0 amide bonds. The van der Waals surface area contributed by atoms with E-state index in [1.54, 1.807) is 0 Å². The summed E-state index contributed by atoms with van der Waals surface area (Å²) in [5, 5.41) is 9.12. The van der Waals surface area contributed by atoms with Crippen molar-refractivity contribution in [1.29, 1.82) is 0 Å². The largest absolute Gasteiger partial charge is 0.394 e. The summed E-state index contributed by atoms with van der Waals surface area (Å²) in [6.07, 6.45) is -0.0986. The number of morpholine rings is 1. The number of ether oxygens (including phenoxy) is 1. The highest BCUT2D eigenvalue weighted by Crippen LogP contribution is 2.19. The minimum Gasteiger partial charge on any atom is -0.394 e. The Morgan fingerprint density at radius 3 is 3.06 bits per heavy atom. The maximum atomic E-state index is 9.12. The molecule has 1 saturated heterocycles. The van der Waals surface area contributed by atoms with Crippen molar-refractivity contribution in [2.75, 3.05) is 24.7 Å². The Kier molecular flexibility index (Phi) is 3.41. The fourth-order valence-corrected chi connectivity index (χ4v) is 1.94. The Labute approximate surface area is 95.9 Å². The lowest BCUT2D eigenvalue weighted by Gasteiger charge is -2.38. The van der Waals surface area contributed by atoms with Gasteiger partial charge in [0, 0.05) is 12.2 Å². The van der Waals surface area contributed by atoms with E-state index in [4.69, 9.17) is 9.84 Å². The van der Waals surface area contributed by atoms with Crippen LogP contribution in [0, 0.1) is 6.92 Å². The number of nitrogens with zero attached hydrogens (tertiary/aromatic N) is 2. The van der Waals surface area contributed by atoms with Crippen LogP contribution in [0.3, 0.4) is 0 Å². The molecule has 4 heteroatoms. The van der Waals surface area contributed by atoms with Gasteiger partial charge in [0.25, 0.3) is 0 Å². The fraction of sp³-hybridized carbons (Fsp3) is 0.583. The molecule has 1 fully saturated rings. The minimum absolute atomic E-state index is 0.0645. The molecule has 1 aromatic rings. The van der Waals surface area contributed by atoms with Crippen LogP contribution < -0.4 is 4.90 Å². The second-order valence-corrected chi connectivity index (χ2v) is 4.28. The van der Waals surface area contributed by atoms with Crippen LogP contribution in [0.25, 0.3) is 0 Å². The number of aliphatic hydroxyl groups is 1. The average Bonchev–Trinajstić information content (AvgIpc) is 2.30. The van der Waals surface area contributed by atoms with Gasteiger partial charge in [-0.1, -0.05) is 6.07 Å². The van der Waals surface area contributed by atoms with E-state index in [0.29, 0.717) is 19.2 Å². The summed E-state index contributed by atoms with van der Waals surface area (Å²) in [6, 6.07) is 6.30. The molecule has 4 nitrogen and oxygen atoms in total. The minimum atomic E-state index is -0.0986. The van der Waals surface area contributed by atoms with Crippen molar-refractivity contribution in [1.82, 2.24) is 4.98 Å². The zero-order chi connectivity index (χ0) is 11.5. The second kappa shape index (κ2) is 4.80. The Balaban J connectivity index is 2.17. The Morgan fingerprint density at radius 2 is 2.38 bits per heavy atom. The van der Waals surface area contributed by atoms with Gasteiger partial charge in [0.05, 0.1) is 25.4 Å². The zero-order valence-corrected chi connectivity index (χ0v) is 9.76. The SMILES string of the molecule is Cc1cccc(N2CC(CO)OCC2C)n1. The smallest absolute Gasteiger partial charge is 0.129 e. The summed E-state index contributed by atoms with van der Waals surface area (Å²) < 4.78 is 5.50. The molecule has 0 aliphatic carbocycles. The quantitative estimate of drug-likeness (QED) is 0.810. The Bertz CT molecular complexity index is 357. The van der Waals surface area contributed by atoms with E-state index in [0.717, 1.165) is 11.5 Å². The number of aryl methyl sites for hydroxylation is 1. The van der Waals surface area contributed by atoms with Crippen molar-refractivity contribution in [2.45, 2.75) is 26.0 Å². The van der Waals surface area contributed by atoms with Crippen LogP contribution in [0.2, 0.25) is 0 Å². The first-order valence-electron chi connectivity index (χ1n) is 5.63. The summed E-state index contributed by atoms with van der Waals surface area (Å²) in [7, 11) is 0. The number of hydrogen-bond donors (Lipinski definition) is 1. The van der Waals surface area contributed by atoms with Gasteiger partial charge in [-0.05, 0) is 26.0 Å². The van der Waals surface area contributed by atoms with Crippen LogP contribution in [-0.2, 0) is 4.74 Å². The molecule has 1 N–H and O–H groups in total. The van der Waals surface area contributed by atoms with E-state index >= 15 is 0 Å². The topological polar surface area (TPSA) is 45.6 Å². The molecule has 0 saturated carbocycles. The number of rotatable bonds is 2. The molecular formula is C12H18N2O2. The van der Waals surface area contributed by atoms with Gasteiger partial charge in [0.2, 0.25) is 0 Å². The van der Waals surface area contributed by atoms with Gasteiger partial charge >= 0.3 is 0 Å². The Hall–Kier alpha value is -1.13. The Morgan fingerprint density at radius 1 is 1.56 bits per heavy atom. The van der Waals surface area contributed by atoms with E-state index in [9.17, 15) is 0 Å². The van der Waals surface area contributed by atoms with Crippen LogP contribution in [0.4, 0.5) is 5.82 Å². The number of pyridine rings is 1. The van der Waals surface area contributed by atoms with Crippen molar-refractivity contribution in [2.24, 2.45) is 0 Å². The van der Waals surface area contributed by atoms with Crippen molar-refractivity contribution >= 4 is 5.82 Å². The van der Waals surface area contributed by atoms with E-state index in [2.05, 4.69) is 16.8 Å². The lowest BCUT2D eigenvalue weighted by atomic mass is 10.2. The highest BCUT2D eigenvalue weighted by molar-refractivity contribution is 5.41. The maximum Gasteiger partial charge on any atom is 0.129 e. The maximum absolute atomic E-state index is 9.12. The van der Waals surface area contributed by atoms with Crippen molar-refractivity contribution in [3.63, 3.8) is 0 Å². The molecule has 2 unspecified atom stereocenters. The summed E-state index contributed by atoms with van der Waals surface area (Å²) in [5.74, 6) is 0.967. The van der Waals surface area contributed by atoms with Gasteiger partial charge in [0.15, 0.2) is 0 Å².